The van der Waals surface area contributed by atoms with Crippen molar-refractivity contribution in [2.45, 2.75) is 63.5 Å². The van der Waals surface area contributed by atoms with Crippen molar-refractivity contribution in [1.29, 1.82) is 0 Å². The maximum Gasteiger partial charge on any atom is 0.247 e. The molecule has 3 rings (SSSR count). The van der Waals surface area contributed by atoms with Crippen molar-refractivity contribution in [3.05, 3.63) is 24.3 Å². The van der Waals surface area contributed by atoms with Gasteiger partial charge in [-0.3, -0.25) is 9.59 Å². The monoisotopic (exact) mass is 495 g/mol. The van der Waals surface area contributed by atoms with Crippen LogP contribution in [0.2, 0.25) is 0 Å². The standard InChI is InChI=1S/C24H37N3O6S/c1-18(28)25-21(16-33-23(2,3)4)22(29)26-12-9-24(17-26)10-13-27(14-11-24)34(30,31)20-8-6-7-19(15-20)32-5/h6-8,15,21H,9-14,16-17H2,1-5H3,(H,25,28). The van der Waals surface area contributed by atoms with Crippen molar-refractivity contribution in [3.63, 3.8) is 0 Å². The zero-order chi connectivity index (χ0) is 25.1. The van der Waals surface area contributed by atoms with E-state index in [-0.39, 0.29) is 28.7 Å². The number of hydrogen-bond acceptors (Lipinski definition) is 6. The van der Waals surface area contributed by atoms with E-state index in [1.807, 2.05) is 20.8 Å². The van der Waals surface area contributed by atoms with Crippen LogP contribution in [-0.4, -0.2) is 81.0 Å². The highest BCUT2D eigenvalue weighted by atomic mass is 32.2. The second kappa shape index (κ2) is 10.2. The van der Waals surface area contributed by atoms with Gasteiger partial charge in [0.05, 0.1) is 24.2 Å². The van der Waals surface area contributed by atoms with Gasteiger partial charge in [-0.15, -0.1) is 0 Å². The van der Waals surface area contributed by atoms with Crippen molar-refractivity contribution in [2.24, 2.45) is 5.41 Å². The van der Waals surface area contributed by atoms with E-state index in [0.29, 0.717) is 44.8 Å². The molecule has 1 N–H and O–H groups in total. The number of hydrogen-bond donors (Lipinski definition) is 1. The first-order chi connectivity index (χ1) is 15.8. The number of nitrogens with zero attached hydrogens (tertiary/aromatic N) is 2. The van der Waals surface area contributed by atoms with E-state index in [9.17, 15) is 18.0 Å². The zero-order valence-electron chi connectivity index (χ0n) is 20.8. The number of carbonyl (C=O) groups is 2. The van der Waals surface area contributed by atoms with Crippen molar-refractivity contribution < 1.29 is 27.5 Å². The molecule has 1 aromatic carbocycles. The smallest absolute Gasteiger partial charge is 0.247 e. The van der Waals surface area contributed by atoms with Crippen LogP contribution in [0.25, 0.3) is 0 Å². The first-order valence-corrected chi connectivity index (χ1v) is 13.1. The van der Waals surface area contributed by atoms with Gasteiger partial charge in [-0.1, -0.05) is 6.07 Å². The molecule has 1 spiro atoms. The fourth-order valence-electron chi connectivity index (χ4n) is 4.62. The number of piperidine rings is 1. The summed E-state index contributed by atoms with van der Waals surface area (Å²) in [5, 5.41) is 2.72. The van der Waals surface area contributed by atoms with E-state index in [1.54, 1.807) is 23.1 Å². The van der Waals surface area contributed by atoms with Crippen LogP contribution in [0.3, 0.4) is 0 Å². The number of ether oxygens (including phenoxy) is 2. The topological polar surface area (TPSA) is 105 Å². The average Bonchev–Trinajstić information content (AvgIpc) is 3.19. The van der Waals surface area contributed by atoms with Crippen LogP contribution in [-0.2, 0) is 24.3 Å². The highest BCUT2D eigenvalue weighted by Gasteiger charge is 2.45. The van der Waals surface area contributed by atoms with Gasteiger partial charge in [0.25, 0.3) is 0 Å². The largest absolute Gasteiger partial charge is 0.497 e. The predicted molar refractivity (Wildman–Crippen MR) is 128 cm³/mol. The molecule has 2 aliphatic heterocycles. The van der Waals surface area contributed by atoms with Crippen molar-refractivity contribution in [2.75, 3.05) is 39.9 Å². The second-order valence-electron chi connectivity index (χ2n) is 10.3. The number of rotatable bonds is 7. The van der Waals surface area contributed by atoms with Gasteiger partial charge in [-0.2, -0.15) is 4.31 Å². The van der Waals surface area contributed by atoms with Crippen molar-refractivity contribution in [3.8, 4) is 5.75 Å². The van der Waals surface area contributed by atoms with Crippen molar-refractivity contribution >= 4 is 21.8 Å². The number of sulfonamides is 1. The molecule has 0 saturated carbocycles. The van der Waals surface area contributed by atoms with Gasteiger partial charge in [0.15, 0.2) is 0 Å². The highest BCUT2D eigenvalue weighted by molar-refractivity contribution is 7.89. The number of nitrogens with one attached hydrogen (secondary N) is 1. The molecular formula is C24H37N3O6S. The normalized spacial score (nSPS) is 19.7. The van der Waals surface area contributed by atoms with Crippen LogP contribution in [0.15, 0.2) is 29.2 Å². The number of amides is 2. The van der Waals surface area contributed by atoms with Crippen LogP contribution in [0, 0.1) is 5.41 Å². The molecule has 0 aliphatic carbocycles. The average molecular weight is 496 g/mol. The lowest BCUT2D eigenvalue weighted by Crippen LogP contribution is -2.51. The van der Waals surface area contributed by atoms with Gasteiger partial charge < -0.3 is 19.7 Å². The van der Waals surface area contributed by atoms with Gasteiger partial charge in [0, 0.05) is 39.2 Å². The maximum atomic E-state index is 13.2. The Balaban J connectivity index is 1.63. The minimum atomic E-state index is -3.61. The molecule has 0 bridgehead atoms. The molecule has 190 valence electrons. The zero-order valence-corrected chi connectivity index (χ0v) is 21.6. The Morgan fingerprint density at radius 2 is 1.79 bits per heavy atom. The van der Waals surface area contributed by atoms with E-state index in [4.69, 9.17) is 9.47 Å². The van der Waals surface area contributed by atoms with E-state index in [0.717, 1.165) is 6.42 Å². The van der Waals surface area contributed by atoms with E-state index >= 15 is 0 Å². The molecule has 9 nitrogen and oxygen atoms in total. The Bertz CT molecular complexity index is 996. The molecule has 0 radical (unpaired) electrons. The van der Waals surface area contributed by atoms with Gasteiger partial charge in [0.1, 0.15) is 11.8 Å². The number of methoxy groups -OCH3 is 1. The fourth-order valence-corrected chi connectivity index (χ4v) is 6.09. The predicted octanol–water partition coefficient (Wildman–Crippen LogP) is 2.02. The summed E-state index contributed by atoms with van der Waals surface area (Å²) in [7, 11) is -2.10. The molecule has 2 amide bonds. The molecule has 34 heavy (non-hydrogen) atoms. The molecule has 2 aliphatic rings. The van der Waals surface area contributed by atoms with Crippen LogP contribution >= 0.6 is 0 Å². The molecule has 2 fully saturated rings. The minimum Gasteiger partial charge on any atom is -0.497 e. The lowest BCUT2D eigenvalue weighted by atomic mass is 9.78. The molecule has 1 aromatic rings. The van der Waals surface area contributed by atoms with Gasteiger partial charge in [-0.05, 0) is 57.6 Å². The van der Waals surface area contributed by atoms with Gasteiger partial charge >= 0.3 is 0 Å². The summed E-state index contributed by atoms with van der Waals surface area (Å²) in [6.07, 6.45) is 2.19. The molecule has 2 saturated heterocycles. The van der Waals surface area contributed by atoms with Gasteiger partial charge in [0.2, 0.25) is 21.8 Å². The molecule has 10 heteroatoms. The van der Waals surface area contributed by atoms with Crippen LogP contribution < -0.4 is 10.1 Å². The minimum absolute atomic E-state index is 0.109. The third-order valence-electron chi connectivity index (χ3n) is 6.57. The molecule has 1 atom stereocenters. The summed E-state index contributed by atoms with van der Waals surface area (Å²) in [6, 6.07) is 5.78. The van der Waals surface area contributed by atoms with Crippen LogP contribution in [0.5, 0.6) is 5.75 Å². The Labute approximate surface area is 202 Å². The van der Waals surface area contributed by atoms with Crippen LogP contribution in [0.1, 0.15) is 47.0 Å². The number of carbonyl (C=O) groups excluding carboxylic acids is 2. The van der Waals surface area contributed by atoms with E-state index in [1.165, 1.54) is 24.4 Å². The molecular weight excluding hydrogens is 458 g/mol. The molecule has 1 unspecified atom stereocenters. The summed E-state index contributed by atoms with van der Waals surface area (Å²) in [4.78, 5) is 26.9. The summed E-state index contributed by atoms with van der Waals surface area (Å²) < 4.78 is 38.7. The quantitative estimate of drug-likeness (QED) is 0.621. The Hall–Kier alpha value is -2.17. The second-order valence-corrected chi connectivity index (χ2v) is 12.2. The molecule has 0 aromatic heterocycles. The summed E-state index contributed by atoms with van der Waals surface area (Å²) in [6.45, 7) is 9.17. The molecule has 2 heterocycles. The lowest BCUT2D eigenvalue weighted by molar-refractivity contribution is -0.139. The fraction of sp³-hybridized carbons (Fsp3) is 0.667. The van der Waals surface area contributed by atoms with E-state index < -0.39 is 21.7 Å². The first-order valence-electron chi connectivity index (χ1n) is 11.7. The third kappa shape index (κ3) is 6.28. The Morgan fingerprint density at radius 3 is 2.38 bits per heavy atom. The summed E-state index contributed by atoms with van der Waals surface area (Å²) in [5.74, 6) is 0.0762. The Morgan fingerprint density at radius 1 is 1.15 bits per heavy atom. The highest BCUT2D eigenvalue weighted by Crippen LogP contribution is 2.41. The first kappa shape index (κ1) is 26.4. The van der Waals surface area contributed by atoms with Crippen molar-refractivity contribution in [1.82, 2.24) is 14.5 Å². The summed E-state index contributed by atoms with van der Waals surface area (Å²) >= 11 is 0. The van der Waals surface area contributed by atoms with Gasteiger partial charge in [-0.25, -0.2) is 8.42 Å². The van der Waals surface area contributed by atoms with E-state index in [2.05, 4.69) is 5.32 Å². The SMILES string of the molecule is COc1cccc(S(=O)(=O)N2CCC3(CCN(C(=O)C(COC(C)(C)C)NC(C)=O)C3)CC2)c1. The maximum absolute atomic E-state index is 13.2. The number of benzene rings is 1. The third-order valence-corrected chi connectivity index (χ3v) is 8.47. The lowest BCUT2D eigenvalue weighted by Gasteiger charge is -2.38. The summed E-state index contributed by atoms with van der Waals surface area (Å²) in [5.41, 5.74) is -0.536. The Kier molecular flexibility index (Phi) is 7.94. The number of likely N-dealkylation sites (tertiary alicyclic amines) is 1. The van der Waals surface area contributed by atoms with Crippen LogP contribution in [0.4, 0.5) is 0 Å².